The highest BCUT2D eigenvalue weighted by atomic mass is 15.3. The van der Waals surface area contributed by atoms with Crippen LogP contribution >= 0.6 is 0 Å². The third-order valence-corrected chi connectivity index (χ3v) is 3.94. The first kappa shape index (κ1) is 15.8. The molecule has 0 aliphatic heterocycles. The van der Waals surface area contributed by atoms with E-state index in [0.29, 0.717) is 6.04 Å². The van der Waals surface area contributed by atoms with Crippen LogP contribution in [0.25, 0.3) is 0 Å². The molecule has 2 rings (SSSR count). The molecule has 3 heteroatoms. The fourth-order valence-corrected chi connectivity index (χ4v) is 2.79. The standard InChI is InChI=1S/C18H27N3/c1-5-15-8-10-16(11-9-15)18(19-6-2)13-17-12-14(4)20-21(17)7-3/h8-12,18-19H,5-7,13H2,1-4H3. The summed E-state index contributed by atoms with van der Waals surface area (Å²) in [4.78, 5) is 0. The fourth-order valence-electron chi connectivity index (χ4n) is 2.79. The van der Waals surface area contributed by atoms with E-state index in [2.05, 4.69) is 73.1 Å². The average Bonchev–Trinajstić information content (AvgIpc) is 2.87. The van der Waals surface area contributed by atoms with Gasteiger partial charge >= 0.3 is 0 Å². The Labute approximate surface area is 128 Å². The van der Waals surface area contributed by atoms with E-state index in [0.717, 1.165) is 31.6 Å². The van der Waals surface area contributed by atoms with Gasteiger partial charge in [-0.1, -0.05) is 38.1 Å². The molecule has 1 unspecified atom stereocenters. The van der Waals surface area contributed by atoms with Crippen LogP contribution < -0.4 is 5.32 Å². The molecular weight excluding hydrogens is 258 g/mol. The summed E-state index contributed by atoms with van der Waals surface area (Å²) in [5.74, 6) is 0. The Morgan fingerprint density at radius 1 is 1.14 bits per heavy atom. The van der Waals surface area contributed by atoms with Crippen molar-refractivity contribution in [2.24, 2.45) is 0 Å². The van der Waals surface area contributed by atoms with Crippen LogP contribution in [-0.2, 0) is 19.4 Å². The molecule has 1 aromatic carbocycles. The lowest BCUT2D eigenvalue weighted by atomic mass is 9.99. The number of aryl methyl sites for hydroxylation is 3. The van der Waals surface area contributed by atoms with E-state index in [-0.39, 0.29) is 0 Å². The molecule has 0 amide bonds. The Bertz CT molecular complexity index is 554. The maximum Gasteiger partial charge on any atom is 0.0596 e. The molecule has 1 aromatic heterocycles. The minimum atomic E-state index is 0.349. The summed E-state index contributed by atoms with van der Waals surface area (Å²) in [5.41, 5.74) is 5.16. The molecule has 0 saturated heterocycles. The first-order valence-electron chi connectivity index (χ1n) is 8.03. The molecule has 114 valence electrons. The van der Waals surface area contributed by atoms with E-state index < -0.39 is 0 Å². The van der Waals surface area contributed by atoms with Crippen molar-refractivity contribution in [3.05, 3.63) is 52.8 Å². The molecule has 21 heavy (non-hydrogen) atoms. The Kier molecular flexibility index (Phi) is 5.57. The van der Waals surface area contributed by atoms with Crippen molar-refractivity contribution in [2.45, 2.75) is 53.1 Å². The summed E-state index contributed by atoms with van der Waals surface area (Å²) in [5, 5.41) is 8.16. The Morgan fingerprint density at radius 2 is 1.86 bits per heavy atom. The van der Waals surface area contributed by atoms with E-state index in [1.54, 1.807) is 0 Å². The molecule has 0 aliphatic rings. The zero-order valence-corrected chi connectivity index (χ0v) is 13.7. The number of likely N-dealkylation sites (N-methyl/N-ethyl adjacent to an activating group) is 1. The topological polar surface area (TPSA) is 29.9 Å². The van der Waals surface area contributed by atoms with Crippen LogP contribution in [0.15, 0.2) is 30.3 Å². The van der Waals surface area contributed by atoms with Crippen LogP contribution in [-0.4, -0.2) is 16.3 Å². The van der Waals surface area contributed by atoms with Crippen LogP contribution in [0.1, 0.15) is 49.3 Å². The minimum absolute atomic E-state index is 0.349. The van der Waals surface area contributed by atoms with Gasteiger partial charge in [0.05, 0.1) is 5.69 Å². The van der Waals surface area contributed by atoms with Crippen LogP contribution in [0.2, 0.25) is 0 Å². The Hall–Kier alpha value is -1.61. The lowest BCUT2D eigenvalue weighted by molar-refractivity contribution is 0.516. The number of hydrogen-bond acceptors (Lipinski definition) is 2. The Morgan fingerprint density at radius 3 is 2.43 bits per heavy atom. The summed E-state index contributed by atoms with van der Waals surface area (Å²) >= 11 is 0. The number of nitrogens with one attached hydrogen (secondary N) is 1. The number of hydrogen-bond donors (Lipinski definition) is 1. The zero-order chi connectivity index (χ0) is 15.2. The molecule has 3 nitrogen and oxygen atoms in total. The first-order chi connectivity index (χ1) is 10.2. The van der Waals surface area contributed by atoms with Gasteiger partial charge in [0, 0.05) is 24.7 Å². The van der Waals surface area contributed by atoms with E-state index in [9.17, 15) is 0 Å². The molecule has 0 saturated carbocycles. The third kappa shape index (κ3) is 3.94. The molecule has 0 bridgehead atoms. The lowest BCUT2D eigenvalue weighted by Crippen LogP contribution is -2.24. The van der Waals surface area contributed by atoms with Gasteiger partial charge in [0.15, 0.2) is 0 Å². The van der Waals surface area contributed by atoms with Crippen molar-refractivity contribution < 1.29 is 0 Å². The van der Waals surface area contributed by atoms with Crippen molar-refractivity contribution in [3.63, 3.8) is 0 Å². The monoisotopic (exact) mass is 285 g/mol. The molecule has 1 heterocycles. The van der Waals surface area contributed by atoms with Crippen LogP contribution in [0, 0.1) is 6.92 Å². The van der Waals surface area contributed by atoms with Gasteiger partial charge in [-0.15, -0.1) is 0 Å². The predicted octanol–water partition coefficient (Wildman–Crippen LogP) is 3.67. The number of nitrogens with zero attached hydrogens (tertiary/aromatic N) is 2. The number of aromatic nitrogens is 2. The van der Waals surface area contributed by atoms with Crippen LogP contribution in [0.3, 0.4) is 0 Å². The second-order valence-corrected chi connectivity index (χ2v) is 5.50. The lowest BCUT2D eigenvalue weighted by Gasteiger charge is -2.19. The van der Waals surface area contributed by atoms with Crippen molar-refractivity contribution in [1.29, 1.82) is 0 Å². The van der Waals surface area contributed by atoms with Gasteiger partial charge in [-0.2, -0.15) is 5.10 Å². The number of rotatable bonds is 7. The normalized spacial score (nSPS) is 12.6. The van der Waals surface area contributed by atoms with Crippen molar-refractivity contribution >= 4 is 0 Å². The first-order valence-corrected chi connectivity index (χ1v) is 8.03. The second-order valence-electron chi connectivity index (χ2n) is 5.50. The quantitative estimate of drug-likeness (QED) is 0.841. The zero-order valence-electron chi connectivity index (χ0n) is 13.7. The molecule has 0 radical (unpaired) electrons. The SMILES string of the molecule is CCNC(Cc1cc(C)nn1CC)c1ccc(CC)cc1. The maximum atomic E-state index is 4.55. The summed E-state index contributed by atoms with van der Waals surface area (Å²) in [7, 11) is 0. The van der Waals surface area contributed by atoms with E-state index >= 15 is 0 Å². The van der Waals surface area contributed by atoms with Gasteiger partial charge in [-0.25, -0.2) is 0 Å². The molecule has 2 aromatic rings. The molecular formula is C18H27N3. The van der Waals surface area contributed by atoms with Crippen LogP contribution in [0.4, 0.5) is 0 Å². The highest BCUT2D eigenvalue weighted by Crippen LogP contribution is 2.20. The van der Waals surface area contributed by atoms with Gasteiger partial charge in [-0.05, 0) is 44.0 Å². The fraction of sp³-hybridized carbons (Fsp3) is 0.500. The predicted molar refractivity (Wildman–Crippen MR) is 88.6 cm³/mol. The molecule has 1 atom stereocenters. The largest absolute Gasteiger partial charge is 0.310 e. The molecule has 0 aliphatic carbocycles. The Balaban J connectivity index is 2.21. The number of benzene rings is 1. The van der Waals surface area contributed by atoms with Gasteiger partial charge < -0.3 is 5.32 Å². The van der Waals surface area contributed by atoms with Gasteiger partial charge in [0.1, 0.15) is 0 Å². The van der Waals surface area contributed by atoms with Gasteiger partial charge in [-0.3, -0.25) is 4.68 Å². The summed E-state index contributed by atoms with van der Waals surface area (Å²) in [6.07, 6.45) is 2.07. The molecule has 0 fully saturated rings. The average molecular weight is 285 g/mol. The van der Waals surface area contributed by atoms with E-state index in [1.807, 2.05) is 0 Å². The van der Waals surface area contributed by atoms with Crippen molar-refractivity contribution in [1.82, 2.24) is 15.1 Å². The van der Waals surface area contributed by atoms with Crippen molar-refractivity contribution in [2.75, 3.05) is 6.54 Å². The maximum absolute atomic E-state index is 4.55. The van der Waals surface area contributed by atoms with Gasteiger partial charge in [0.2, 0.25) is 0 Å². The van der Waals surface area contributed by atoms with Gasteiger partial charge in [0.25, 0.3) is 0 Å². The minimum Gasteiger partial charge on any atom is -0.310 e. The summed E-state index contributed by atoms with van der Waals surface area (Å²) in [6.45, 7) is 10.5. The highest BCUT2D eigenvalue weighted by molar-refractivity contribution is 5.26. The molecule has 1 N–H and O–H groups in total. The summed E-state index contributed by atoms with van der Waals surface area (Å²) in [6, 6.07) is 11.5. The highest BCUT2D eigenvalue weighted by Gasteiger charge is 2.14. The third-order valence-electron chi connectivity index (χ3n) is 3.94. The smallest absolute Gasteiger partial charge is 0.0596 e. The molecule has 0 spiro atoms. The second kappa shape index (κ2) is 7.41. The summed E-state index contributed by atoms with van der Waals surface area (Å²) < 4.78 is 2.11. The van der Waals surface area contributed by atoms with E-state index in [1.165, 1.54) is 16.8 Å². The van der Waals surface area contributed by atoms with Crippen molar-refractivity contribution in [3.8, 4) is 0 Å². The van der Waals surface area contributed by atoms with Crippen LogP contribution in [0.5, 0.6) is 0 Å². The van der Waals surface area contributed by atoms with E-state index in [4.69, 9.17) is 0 Å².